The van der Waals surface area contributed by atoms with Gasteiger partial charge >= 0.3 is 0 Å². The summed E-state index contributed by atoms with van der Waals surface area (Å²) in [5.41, 5.74) is 1.73. The summed E-state index contributed by atoms with van der Waals surface area (Å²) < 4.78 is 11.3. The van der Waals surface area contributed by atoms with E-state index in [0.717, 1.165) is 29.9 Å². The second-order valence-corrected chi connectivity index (χ2v) is 5.07. The van der Waals surface area contributed by atoms with Crippen molar-refractivity contribution in [3.8, 4) is 11.5 Å². The Morgan fingerprint density at radius 2 is 1.86 bits per heavy atom. The molecule has 1 aromatic heterocycles. The Labute approximate surface area is 129 Å². The number of fused-ring (bicyclic) bond motifs is 1. The Morgan fingerprint density at radius 3 is 2.68 bits per heavy atom. The van der Waals surface area contributed by atoms with Gasteiger partial charge in [-0.1, -0.05) is 6.07 Å². The molecule has 0 fully saturated rings. The lowest BCUT2D eigenvalue weighted by molar-refractivity contribution is 0.0954. The van der Waals surface area contributed by atoms with Crippen molar-refractivity contribution >= 4 is 5.91 Å². The number of ether oxygens (including phenoxy) is 2. The minimum absolute atomic E-state index is 0.0863. The molecule has 3 rings (SSSR count). The maximum atomic E-state index is 11.9. The first-order chi connectivity index (χ1) is 10.8. The Hall–Kier alpha value is -2.56. The maximum absolute atomic E-state index is 11.9. The summed E-state index contributed by atoms with van der Waals surface area (Å²) in [6, 6.07) is 9.32. The van der Waals surface area contributed by atoms with Gasteiger partial charge in [0.1, 0.15) is 0 Å². The number of pyridine rings is 1. The summed E-state index contributed by atoms with van der Waals surface area (Å²) in [6.45, 7) is 1.93. The molecule has 0 radical (unpaired) electrons. The van der Waals surface area contributed by atoms with Gasteiger partial charge in [0.15, 0.2) is 11.5 Å². The van der Waals surface area contributed by atoms with Crippen molar-refractivity contribution in [2.45, 2.75) is 12.8 Å². The van der Waals surface area contributed by atoms with Crippen LogP contribution in [0.2, 0.25) is 0 Å². The number of carbonyl (C=O) groups is 1. The fraction of sp³-hybridized carbons (Fsp3) is 0.294. The summed E-state index contributed by atoms with van der Waals surface area (Å²) >= 11 is 0. The zero-order valence-electron chi connectivity index (χ0n) is 12.2. The largest absolute Gasteiger partial charge is 0.490 e. The third-order valence-corrected chi connectivity index (χ3v) is 3.45. The quantitative estimate of drug-likeness (QED) is 0.940. The molecule has 1 aliphatic heterocycles. The van der Waals surface area contributed by atoms with E-state index in [9.17, 15) is 4.79 Å². The molecule has 0 saturated carbocycles. The molecule has 1 aliphatic rings. The summed E-state index contributed by atoms with van der Waals surface area (Å²) in [5, 5.41) is 2.90. The summed E-state index contributed by atoms with van der Waals surface area (Å²) in [4.78, 5) is 15.8. The van der Waals surface area contributed by atoms with Crippen LogP contribution in [0.5, 0.6) is 11.5 Å². The van der Waals surface area contributed by atoms with Crippen LogP contribution in [0, 0.1) is 0 Å². The van der Waals surface area contributed by atoms with E-state index in [0.29, 0.717) is 25.3 Å². The first kappa shape index (κ1) is 14.4. The van der Waals surface area contributed by atoms with Gasteiger partial charge in [-0.2, -0.15) is 0 Å². The monoisotopic (exact) mass is 298 g/mol. The third kappa shape index (κ3) is 3.55. The van der Waals surface area contributed by atoms with Crippen molar-refractivity contribution in [1.29, 1.82) is 0 Å². The highest BCUT2D eigenvalue weighted by atomic mass is 16.5. The van der Waals surface area contributed by atoms with Crippen molar-refractivity contribution in [3.63, 3.8) is 0 Å². The van der Waals surface area contributed by atoms with Crippen LogP contribution in [0.25, 0.3) is 0 Å². The molecular weight excluding hydrogens is 280 g/mol. The van der Waals surface area contributed by atoms with Crippen LogP contribution in [-0.4, -0.2) is 30.6 Å². The minimum atomic E-state index is -0.0863. The van der Waals surface area contributed by atoms with Crippen molar-refractivity contribution in [2.75, 3.05) is 19.8 Å². The molecule has 0 spiro atoms. The van der Waals surface area contributed by atoms with Crippen molar-refractivity contribution in [3.05, 3.63) is 53.9 Å². The predicted molar refractivity (Wildman–Crippen MR) is 82.3 cm³/mol. The third-order valence-electron chi connectivity index (χ3n) is 3.45. The van der Waals surface area contributed by atoms with Gasteiger partial charge in [-0.15, -0.1) is 0 Å². The summed E-state index contributed by atoms with van der Waals surface area (Å²) in [7, 11) is 0. The van der Waals surface area contributed by atoms with Crippen LogP contribution in [0.3, 0.4) is 0 Å². The lowest BCUT2D eigenvalue weighted by Crippen LogP contribution is -2.25. The number of carbonyl (C=O) groups excluding carboxylic acids is 1. The molecule has 1 aromatic carbocycles. The molecule has 114 valence electrons. The van der Waals surface area contributed by atoms with Crippen molar-refractivity contribution in [2.24, 2.45) is 0 Å². The first-order valence-corrected chi connectivity index (χ1v) is 7.40. The molecule has 22 heavy (non-hydrogen) atoms. The molecule has 1 amide bonds. The highest BCUT2D eigenvalue weighted by molar-refractivity contribution is 5.93. The lowest BCUT2D eigenvalue weighted by Gasteiger charge is -2.10. The Bertz CT molecular complexity index is 644. The number of hydrogen-bond acceptors (Lipinski definition) is 4. The highest BCUT2D eigenvalue weighted by Gasteiger charge is 2.11. The van der Waals surface area contributed by atoms with E-state index in [4.69, 9.17) is 9.47 Å². The molecule has 5 nitrogen and oxygen atoms in total. The van der Waals surface area contributed by atoms with E-state index in [2.05, 4.69) is 10.3 Å². The molecule has 5 heteroatoms. The van der Waals surface area contributed by atoms with Crippen LogP contribution in [0.4, 0.5) is 0 Å². The van der Waals surface area contributed by atoms with Crippen LogP contribution in [0.1, 0.15) is 22.3 Å². The first-order valence-electron chi connectivity index (χ1n) is 7.40. The standard InChI is InChI=1S/C17H18N2O3/c20-17(14-5-7-18-8-6-14)19-9-4-13-2-3-15-16(12-13)22-11-1-10-21-15/h2-3,5-8,12H,1,4,9-11H2,(H,19,20). The van der Waals surface area contributed by atoms with Crippen LogP contribution < -0.4 is 14.8 Å². The number of hydrogen-bond donors (Lipinski definition) is 1. The molecule has 2 heterocycles. The van der Waals surface area contributed by atoms with Crippen molar-refractivity contribution < 1.29 is 14.3 Å². The summed E-state index contributed by atoms with van der Waals surface area (Å²) in [5.74, 6) is 1.49. The van der Waals surface area contributed by atoms with Gasteiger partial charge in [-0.25, -0.2) is 0 Å². The van der Waals surface area contributed by atoms with E-state index in [-0.39, 0.29) is 5.91 Å². The van der Waals surface area contributed by atoms with Crippen LogP contribution >= 0.6 is 0 Å². The number of nitrogens with zero attached hydrogens (tertiary/aromatic N) is 1. The summed E-state index contributed by atoms with van der Waals surface area (Å²) in [6.07, 6.45) is 4.86. The molecule has 2 aromatic rings. The van der Waals surface area contributed by atoms with Crippen molar-refractivity contribution in [1.82, 2.24) is 10.3 Å². The SMILES string of the molecule is O=C(NCCc1ccc2c(c1)OCCCO2)c1ccncc1. The predicted octanol–water partition coefficient (Wildman–Crippen LogP) is 2.22. The van der Waals surface area contributed by atoms with Gasteiger partial charge in [-0.3, -0.25) is 9.78 Å². The average molecular weight is 298 g/mol. The number of nitrogens with one attached hydrogen (secondary N) is 1. The lowest BCUT2D eigenvalue weighted by atomic mass is 10.1. The van der Waals surface area contributed by atoms with Crippen LogP contribution in [-0.2, 0) is 6.42 Å². The Morgan fingerprint density at radius 1 is 1.09 bits per heavy atom. The number of aromatic nitrogens is 1. The highest BCUT2D eigenvalue weighted by Crippen LogP contribution is 2.30. The van der Waals surface area contributed by atoms with Gasteiger partial charge in [0, 0.05) is 30.9 Å². The zero-order valence-corrected chi connectivity index (χ0v) is 12.2. The Balaban J connectivity index is 1.56. The second-order valence-electron chi connectivity index (χ2n) is 5.07. The molecule has 0 atom stereocenters. The Kier molecular flexibility index (Phi) is 4.53. The zero-order chi connectivity index (χ0) is 15.2. The molecular formula is C17H18N2O3. The number of benzene rings is 1. The topological polar surface area (TPSA) is 60.5 Å². The van der Waals surface area contributed by atoms with Gasteiger partial charge in [-0.05, 0) is 36.2 Å². The smallest absolute Gasteiger partial charge is 0.251 e. The van der Waals surface area contributed by atoms with E-state index in [1.807, 2.05) is 18.2 Å². The van der Waals surface area contributed by atoms with E-state index in [1.54, 1.807) is 24.5 Å². The molecule has 0 unspecified atom stereocenters. The second kappa shape index (κ2) is 6.93. The minimum Gasteiger partial charge on any atom is -0.490 e. The number of amides is 1. The van der Waals surface area contributed by atoms with Crippen LogP contribution in [0.15, 0.2) is 42.7 Å². The van der Waals surface area contributed by atoms with Gasteiger partial charge in [0.2, 0.25) is 0 Å². The van der Waals surface area contributed by atoms with E-state index >= 15 is 0 Å². The van der Waals surface area contributed by atoms with Gasteiger partial charge in [0.25, 0.3) is 5.91 Å². The number of rotatable bonds is 4. The molecule has 0 aliphatic carbocycles. The average Bonchev–Trinajstić information content (AvgIpc) is 2.80. The molecule has 0 bridgehead atoms. The fourth-order valence-electron chi connectivity index (χ4n) is 2.29. The molecule has 1 N–H and O–H groups in total. The van der Waals surface area contributed by atoms with E-state index < -0.39 is 0 Å². The van der Waals surface area contributed by atoms with E-state index in [1.165, 1.54) is 0 Å². The normalized spacial score (nSPS) is 13.3. The fourth-order valence-corrected chi connectivity index (χ4v) is 2.29. The van der Waals surface area contributed by atoms with Gasteiger partial charge in [0.05, 0.1) is 13.2 Å². The molecule has 0 saturated heterocycles. The maximum Gasteiger partial charge on any atom is 0.251 e. The van der Waals surface area contributed by atoms with Gasteiger partial charge < -0.3 is 14.8 Å².